The number of benzene rings is 1. The molecule has 0 aliphatic carbocycles. The SMILES string of the molecule is CN=C(NCCOC)NCCOc1ccccc1C(C)(C)C.I. The third-order valence-corrected chi connectivity index (χ3v) is 3.17. The fourth-order valence-electron chi connectivity index (χ4n) is 2.03. The van der Waals surface area contributed by atoms with Crippen LogP contribution in [0.5, 0.6) is 5.75 Å². The van der Waals surface area contributed by atoms with Crippen molar-refractivity contribution < 1.29 is 9.47 Å². The molecule has 0 aliphatic rings. The van der Waals surface area contributed by atoms with Crippen LogP contribution in [0.25, 0.3) is 0 Å². The molecule has 0 unspecified atom stereocenters. The third-order valence-electron chi connectivity index (χ3n) is 3.17. The number of hydrogen-bond donors (Lipinski definition) is 2. The van der Waals surface area contributed by atoms with Gasteiger partial charge in [0.15, 0.2) is 5.96 Å². The van der Waals surface area contributed by atoms with Crippen LogP contribution >= 0.6 is 24.0 Å². The van der Waals surface area contributed by atoms with Gasteiger partial charge >= 0.3 is 0 Å². The van der Waals surface area contributed by atoms with Crippen molar-refractivity contribution in [3.8, 4) is 5.75 Å². The molecule has 0 bridgehead atoms. The molecule has 23 heavy (non-hydrogen) atoms. The highest BCUT2D eigenvalue weighted by atomic mass is 127. The van der Waals surface area contributed by atoms with Gasteiger partial charge in [0.2, 0.25) is 0 Å². The van der Waals surface area contributed by atoms with Crippen LogP contribution in [-0.2, 0) is 10.2 Å². The lowest BCUT2D eigenvalue weighted by Gasteiger charge is -2.22. The fourth-order valence-corrected chi connectivity index (χ4v) is 2.03. The van der Waals surface area contributed by atoms with Crippen LogP contribution in [0, 0.1) is 0 Å². The minimum atomic E-state index is 0. The lowest BCUT2D eigenvalue weighted by atomic mass is 9.86. The van der Waals surface area contributed by atoms with E-state index in [-0.39, 0.29) is 29.4 Å². The third kappa shape index (κ3) is 8.41. The highest BCUT2D eigenvalue weighted by Crippen LogP contribution is 2.30. The summed E-state index contributed by atoms with van der Waals surface area (Å²) in [5.74, 6) is 1.70. The molecule has 132 valence electrons. The molecule has 1 aromatic rings. The monoisotopic (exact) mass is 435 g/mol. The standard InChI is InChI=1S/C17H29N3O2.HI/c1-17(2,3)14-8-6-7-9-15(14)22-13-11-20-16(18-4)19-10-12-21-5;/h6-9H,10-13H2,1-5H3,(H2,18,19,20);1H. The molecule has 1 aromatic carbocycles. The second-order valence-corrected chi connectivity index (χ2v) is 6.01. The number of guanidine groups is 1. The Balaban J connectivity index is 0.00000484. The molecular weight excluding hydrogens is 405 g/mol. The van der Waals surface area contributed by atoms with Gasteiger partial charge in [-0.1, -0.05) is 39.0 Å². The summed E-state index contributed by atoms with van der Waals surface area (Å²) in [6.45, 7) is 9.21. The van der Waals surface area contributed by atoms with E-state index in [1.54, 1.807) is 14.2 Å². The zero-order valence-electron chi connectivity index (χ0n) is 14.8. The highest BCUT2D eigenvalue weighted by Gasteiger charge is 2.18. The number of rotatable bonds is 7. The van der Waals surface area contributed by atoms with Gasteiger partial charge in [-0.05, 0) is 17.0 Å². The van der Waals surface area contributed by atoms with Gasteiger partial charge in [0.25, 0.3) is 0 Å². The largest absolute Gasteiger partial charge is 0.491 e. The zero-order valence-corrected chi connectivity index (χ0v) is 17.1. The second kappa shape index (κ2) is 11.5. The Bertz CT molecular complexity index is 473. The van der Waals surface area contributed by atoms with E-state index in [9.17, 15) is 0 Å². The van der Waals surface area contributed by atoms with E-state index in [4.69, 9.17) is 9.47 Å². The summed E-state index contributed by atoms with van der Waals surface area (Å²) in [4.78, 5) is 4.14. The first-order valence-electron chi connectivity index (χ1n) is 7.65. The second-order valence-electron chi connectivity index (χ2n) is 6.01. The summed E-state index contributed by atoms with van der Waals surface area (Å²) in [5, 5.41) is 6.38. The smallest absolute Gasteiger partial charge is 0.191 e. The number of ether oxygens (including phenoxy) is 2. The predicted molar refractivity (Wildman–Crippen MR) is 107 cm³/mol. The fraction of sp³-hybridized carbons (Fsp3) is 0.588. The van der Waals surface area contributed by atoms with Crippen molar-refractivity contribution in [3.05, 3.63) is 29.8 Å². The summed E-state index contributed by atoms with van der Waals surface area (Å²) < 4.78 is 10.9. The molecule has 0 heterocycles. The number of halogens is 1. The molecule has 0 aromatic heterocycles. The van der Waals surface area contributed by atoms with Gasteiger partial charge in [-0.3, -0.25) is 4.99 Å². The van der Waals surface area contributed by atoms with Gasteiger partial charge in [0.05, 0.1) is 13.2 Å². The normalized spacial score (nSPS) is 11.6. The Morgan fingerprint density at radius 2 is 1.70 bits per heavy atom. The first-order valence-corrected chi connectivity index (χ1v) is 7.65. The van der Waals surface area contributed by atoms with Gasteiger partial charge in [-0.25, -0.2) is 0 Å². The maximum Gasteiger partial charge on any atom is 0.191 e. The number of hydrogen-bond acceptors (Lipinski definition) is 3. The average Bonchev–Trinajstić information content (AvgIpc) is 2.49. The van der Waals surface area contributed by atoms with E-state index in [0.29, 0.717) is 19.8 Å². The minimum absolute atomic E-state index is 0. The van der Waals surface area contributed by atoms with Gasteiger partial charge in [-0.2, -0.15) is 0 Å². The van der Waals surface area contributed by atoms with E-state index in [1.807, 2.05) is 18.2 Å². The molecule has 1 rings (SSSR count). The zero-order chi connectivity index (χ0) is 16.4. The Hall–Kier alpha value is -1.02. The minimum Gasteiger partial charge on any atom is -0.491 e. The maximum absolute atomic E-state index is 5.91. The highest BCUT2D eigenvalue weighted by molar-refractivity contribution is 14.0. The lowest BCUT2D eigenvalue weighted by Crippen LogP contribution is -2.40. The van der Waals surface area contributed by atoms with Crippen molar-refractivity contribution in [1.29, 1.82) is 0 Å². The summed E-state index contributed by atoms with van der Waals surface area (Å²) in [6, 6.07) is 8.19. The van der Waals surface area contributed by atoms with Crippen molar-refractivity contribution >= 4 is 29.9 Å². The summed E-state index contributed by atoms with van der Waals surface area (Å²) in [5.41, 5.74) is 1.29. The molecule has 0 spiro atoms. The van der Waals surface area contributed by atoms with E-state index in [0.717, 1.165) is 18.3 Å². The van der Waals surface area contributed by atoms with Crippen LogP contribution in [0.2, 0.25) is 0 Å². The Kier molecular flexibility index (Phi) is 11.0. The van der Waals surface area contributed by atoms with Crippen molar-refractivity contribution in [2.24, 2.45) is 4.99 Å². The van der Waals surface area contributed by atoms with Crippen LogP contribution in [0.15, 0.2) is 29.3 Å². The molecule has 0 radical (unpaired) electrons. The quantitative estimate of drug-likeness (QED) is 0.299. The van der Waals surface area contributed by atoms with Crippen LogP contribution in [-0.4, -0.2) is 46.4 Å². The van der Waals surface area contributed by atoms with E-state index in [1.165, 1.54) is 5.56 Å². The molecule has 0 fully saturated rings. The van der Waals surface area contributed by atoms with Crippen LogP contribution in [0.3, 0.4) is 0 Å². The van der Waals surface area contributed by atoms with Gasteiger partial charge in [0, 0.05) is 20.7 Å². The van der Waals surface area contributed by atoms with Gasteiger partial charge in [0.1, 0.15) is 12.4 Å². The number of nitrogens with zero attached hydrogens (tertiary/aromatic N) is 1. The Labute approximate surface area is 157 Å². The summed E-state index contributed by atoms with van der Waals surface area (Å²) in [7, 11) is 3.43. The van der Waals surface area contributed by atoms with E-state index in [2.05, 4.69) is 42.5 Å². The lowest BCUT2D eigenvalue weighted by molar-refractivity contribution is 0.203. The molecule has 2 N–H and O–H groups in total. The topological polar surface area (TPSA) is 54.9 Å². The van der Waals surface area contributed by atoms with Crippen molar-refractivity contribution in [2.75, 3.05) is 40.5 Å². The Morgan fingerprint density at radius 3 is 2.26 bits per heavy atom. The summed E-state index contributed by atoms with van der Waals surface area (Å²) in [6.07, 6.45) is 0. The van der Waals surface area contributed by atoms with Crippen LogP contribution in [0.1, 0.15) is 26.3 Å². The van der Waals surface area contributed by atoms with Gasteiger partial charge < -0.3 is 20.1 Å². The molecular formula is C17H30IN3O2. The molecule has 6 heteroatoms. The molecule has 5 nitrogen and oxygen atoms in total. The van der Waals surface area contributed by atoms with Crippen LogP contribution in [0.4, 0.5) is 0 Å². The molecule has 0 saturated carbocycles. The molecule has 0 amide bonds. The van der Waals surface area contributed by atoms with Crippen molar-refractivity contribution in [3.63, 3.8) is 0 Å². The number of para-hydroxylation sites is 1. The summed E-state index contributed by atoms with van der Waals surface area (Å²) >= 11 is 0. The first kappa shape index (κ1) is 22.0. The van der Waals surface area contributed by atoms with E-state index < -0.39 is 0 Å². The van der Waals surface area contributed by atoms with Crippen LogP contribution < -0.4 is 15.4 Å². The number of methoxy groups -OCH3 is 1. The predicted octanol–water partition coefficient (Wildman–Crippen LogP) is 2.79. The number of aliphatic imine (C=N–C) groups is 1. The Morgan fingerprint density at radius 1 is 1.09 bits per heavy atom. The van der Waals surface area contributed by atoms with Crippen molar-refractivity contribution in [1.82, 2.24) is 10.6 Å². The molecule has 0 saturated heterocycles. The number of nitrogens with one attached hydrogen (secondary N) is 2. The van der Waals surface area contributed by atoms with Crippen molar-refractivity contribution in [2.45, 2.75) is 26.2 Å². The molecule has 0 atom stereocenters. The maximum atomic E-state index is 5.91. The molecule has 0 aliphatic heterocycles. The average molecular weight is 435 g/mol. The van der Waals surface area contributed by atoms with E-state index >= 15 is 0 Å². The van der Waals surface area contributed by atoms with Gasteiger partial charge in [-0.15, -0.1) is 24.0 Å². The first-order chi connectivity index (χ1) is 10.5.